The molecular formula is C29H36N2O2. The summed E-state index contributed by atoms with van der Waals surface area (Å²) in [5.74, 6) is 1.58. The number of fused-ring (bicyclic) bond motifs is 1. The van der Waals surface area contributed by atoms with Crippen LogP contribution in [0.5, 0.6) is 5.75 Å². The van der Waals surface area contributed by atoms with E-state index in [1.165, 1.54) is 19.3 Å². The Bertz CT molecular complexity index is 1030. The Morgan fingerprint density at radius 2 is 1.79 bits per heavy atom. The van der Waals surface area contributed by atoms with Gasteiger partial charge in [0.1, 0.15) is 12.4 Å². The first-order valence-corrected chi connectivity index (χ1v) is 12.1. The van der Waals surface area contributed by atoms with E-state index in [4.69, 9.17) is 9.47 Å². The summed E-state index contributed by atoms with van der Waals surface area (Å²) in [6.45, 7) is 9.47. The number of hydrogen-bond donors (Lipinski definition) is 0. The molecule has 0 aliphatic heterocycles. The van der Waals surface area contributed by atoms with Gasteiger partial charge in [0.2, 0.25) is 0 Å². The topological polar surface area (TPSA) is 44.2 Å². The van der Waals surface area contributed by atoms with Gasteiger partial charge in [-0.15, -0.1) is 0 Å². The highest BCUT2D eigenvalue weighted by Crippen LogP contribution is 2.25. The molecule has 1 aromatic heterocycles. The second kappa shape index (κ2) is 13.5. The fourth-order valence-corrected chi connectivity index (χ4v) is 3.64. The number of nitrogens with zero attached hydrogens (tertiary/aromatic N) is 2. The first-order valence-electron chi connectivity index (χ1n) is 12.1. The molecule has 3 rings (SSSR count). The molecule has 2 aromatic carbocycles. The maximum Gasteiger partial charge on any atom is 0.159 e. The molecule has 0 saturated carbocycles. The zero-order chi connectivity index (χ0) is 23.3. The molecule has 3 aromatic rings. The standard InChI is InChI=1S/C29H36N2O2/c1-4-6-10-18-32-23(3)11-8-7-9-12-24-21-30-29(31-22-24)27-14-13-26-20-28(33-17-5-2)16-15-25(26)19-27/h5,9,12-16,19-23H,2,4,6-8,10-11,17-18H2,1,3H3/b12-9+. The van der Waals surface area contributed by atoms with Crippen molar-refractivity contribution in [3.8, 4) is 17.1 Å². The van der Waals surface area contributed by atoms with E-state index in [9.17, 15) is 0 Å². The first-order chi connectivity index (χ1) is 16.2. The Balaban J connectivity index is 1.49. The molecule has 0 N–H and O–H groups in total. The molecule has 0 radical (unpaired) electrons. The SMILES string of the molecule is C=CCOc1ccc2cc(-c3ncc(/C=C/CCCC(C)OCCCCC)cn3)ccc2c1. The van der Waals surface area contributed by atoms with E-state index in [0.717, 1.165) is 59.3 Å². The number of unbranched alkanes of at least 4 members (excludes halogenated alkanes) is 3. The second-order valence-electron chi connectivity index (χ2n) is 8.39. The highest BCUT2D eigenvalue weighted by atomic mass is 16.5. The monoisotopic (exact) mass is 444 g/mol. The van der Waals surface area contributed by atoms with Crippen LogP contribution in [0.3, 0.4) is 0 Å². The molecule has 0 aliphatic carbocycles. The smallest absolute Gasteiger partial charge is 0.159 e. The molecule has 0 amide bonds. The quantitative estimate of drug-likeness (QED) is 0.189. The van der Waals surface area contributed by atoms with Crippen LogP contribution in [-0.4, -0.2) is 29.3 Å². The summed E-state index contributed by atoms with van der Waals surface area (Å²) in [6, 6.07) is 12.3. The fraction of sp³-hybridized carbons (Fsp3) is 0.379. The zero-order valence-corrected chi connectivity index (χ0v) is 20.0. The molecule has 4 heteroatoms. The molecule has 33 heavy (non-hydrogen) atoms. The van der Waals surface area contributed by atoms with Crippen molar-refractivity contribution >= 4 is 16.8 Å². The third-order valence-corrected chi connectivity index (χ3v) is 5.55. The summed E-state index contributed by atoms with van der Waals surface area (Å²) in [4.78, 5) is 9.14. The minimum Gasteiger partial charge on any atom is -0.490 e. The Morgan fingerprint density at radius 3 is 2.58 bits per heavy atom. The Morgan fingerprint density at radius 1 is 1.00 bits per heavy atom. The van der Waals surface area contributed by atoms with E-state index >= 15 is 0 Å². The lowest BCUT2D eigenvalue weighted by Gasteiger charge is -2.11. The van der Waals surface area contributed by atoms with Crippen LogP contribution >= 0.6 is 0 Å². The van der Waals surface area contributed by atoms with Gasteiger partial charge in [0.05, 0.1) is 6.10 Å². The van der Waals surface area contributed by atoms with Gasteiger partial charge >= 0.3 is 0 Å². The van der Waals surface area contributed by atoms with Crippen LogP contribution in [0, 0.1) is 0 Å². The lowest BCUT2D eigenvalue weighted by Crippen LogP contribution is -2.08. The number of aromatic nitrogens is 2. The van der Waals surface area contributed by atoms with Crippen LogP contribution in [0.25, 0.3) is 28.2 Å². The number of rotatable bonds is 14. The van der Waals surface area contributed by atoms with Crippen molar-refractivity contribution in [3.05, 3.63) is 73.1 Å². The number of benzene rings is 2. The van der Waals surface area contributed by atoms with Crippen molar-refractivity contribution in [2.75, 3.05) is 13.2 Å². The largest absolute Gasteiger partial charge is 0.490 e. The van der Waals surface area contributed by atoms with Crippen molar-refractivity contribution < 1.29 is 9.47 Å². The van der Waals surface area contributed by atoms with Gasteiger partial charge in [-0.05, 0) is 61.6 Å². The van der Waals surface area contributed by atoms with Crippen molar-refractivity contribution in [3.63, 3.8) is 0 Å². The van der Waals surface area contributed by atoms with Gasteiger partial charge in [-0.25, -0.2) is 9.97 Å². The van der Waals surface area contributed by atoms with Gasteiger partial charge in [0.15, 0.2) is 5.82 Å². The number of hydrogen-bond acceptors (Lipinski definition) is 4. The van der Waals surface area contributed by atoms with Crippen LogP contribution in [-0.2, 0) is 4.74 Å². The van der Waals surface area contributed by atoms with Crippen molar-refractivity contribution in [2.45, 2.75) is 58.5 Å². The van der Waals surface area contributed by atoms with Gasteiger partial charge < -0.3 is 9.47 Å². The van der Waals surface area contributed by atoms with Gasteiger partial charge in [-0.3, -0.25) is 0 Å². The summed E-state index contributed by atoms with van der Waals surface area (Å²) < 4.78 is 11.5. The molecule has 4 nitrogen and oxygen atoms in total. The van der Waals surface area contributed by atoms with Crippen LogP contribution in [0.15, 0.2) is 67.5 Å². The summed E-state index contributed by atoms with van der Waals surface area (Å²) in [6.07, 6.45) is 17.1. The van der Waals surface area contributed by atoms with Gasteiger partial charge in [0, 0.05) is 30.1 Å². The Kier molecular flexibility index (Phi) is 10.1. The summed E-state index contributed by atoms with van der Waals surface area (Å²) in [5, 5.41) is 2.26. The molecule has 1 atom stereocenters. The van der Waals surface area contributed by atoms with Gasteiger partial charge in [-0.1, -0.05) is 62.8 Å². The lowest BCUT2D eigenvalue weighted by molar-refractivity contribution is 0.0566. The summed E-state index contributed by atoms with van der Waals surface area (Å²) in [5.41, 5.74) is 2.03. The summed E-state index contributed by atoms with van der Waals surface area (Å²) >= 11 is 0. The van der Waals surface area contributed by atoms with E-state index in [2.05, 4.69) is 66.8 Å². The van der Waals surface area contributed by atoms with Crippen LogP contribution in [0.1, 0.15) is 57.9 Å². The zero-order valence-electron chi connectivity index (χ0n) is 20.0. The van der Waals surface area contributed by atoms with E-state index in [1.54, 1.807) is 6.08 Å². The van der Waals surface area contributed by atoms with E-state index in [0.29, 0.717) is 12.7 Å². The molecule has 1 unspecified atom stereocenters. The predicted octanol–water partition coefficient (Wildman–Crippen LogP) is 7.64. The molecule has 0 fully saturated rings. The molecule has 174 valence electrons. The molecule has 0 bridgehead atoms. The molecular weight excluding hydrogens is 408 g/mol. The highest BCUT2D eigenvalue weighted by Gasteiger charge is 2.04. The molecule has 0 spiro atoms. The molecule has 0 aliphatic rings. The average Bonchev–Trinajstić information content (AvgIpc) is 2.85. The van der Waals surface area contributed by atoms with Crippen LogP contribution in [0.4, 0.5) is 0 Å². The normalized spacial score (nSPS) is 12.3. The van der Waals surface area contributed by atoms with E-state index < -0.39 is 0 Å². The minimum absolute atomic E-state index is 0.339. The summed E-state index contributed by atoms with van der Waals surface area (Å²) in [7, 11) is 0. The predicted molar refractivity (Wildman–Crippen MR) is 138 cm³/mol. The third-order valence-electron chi connectivity index (χ3n) is 5.55. The van der Waals surface area contributed by atoms with E-state index in [1.807, 2.05) is 24.5 Å². The van der Waals surface area contributed by atoms with E-state index in [-0.39, 0.29) is 0 Å². The van der Waals surface area contributed by atoms with Crippen molar-refractivity contribution in [1.29, 1.82) is 0 Å². The lowest BCUT2D eigenvalue weighted by atomic mass is 10.1. The Hall–Kier alpha value is -2.98. The van der Waals surface area contributed by atoms with Crippen molar-refractivity contribution in [1.82, 2.24) is 9.97 Å². The third kappa shape index (κ3) is 8.14. The van der Waals surface area contributed by atoms with Crippen molar-refractivity contribution in [2.24, 2.45) is 0 Å². The number of allylic oxidation sites excluding steroid dienone is 1. The van der Waals surface area contributed by atoms with Crippen LogP contribution < -0.4 is 4.74 Å². The molecule has 1 heterocycles. The molecule has 0 saturated heterocycles. The minimum atomic E-state index is 0.339. The fourth-order valence-electron chi connectivity index (χ4n) is 3.64. The maximum absolute atomic E-state index is 5.86. The average molecular weight is 445 g/mol. The maximum atomic E-state index is 5.86. The van der Waals surface area contributed by atoms with Gasteiger partial charge in [-0.2, -0.15) is 0 Å². The Labute approximate surface area is 198 Å². The highest BCUT2D eigenvalue weighted by molar-refractivity contribution is 5.87. The van der Waals surface area contributed by atoms with Gasteiger partial charge in [0.25, 0.3) is 0 Å². The second-order valence-corrected chi connectivity index (χ2v) is 8.39. The number of ether oxygens (including phenoxy) is 2. The first kappa shape index (κ1) is 24.7. The van der Waals surface area contributed by atoms with Crippen LogP contribution in [0.2, 0.25) is 0 Å².